The average Bonchev–Trinajstić information content (AvgIpc) is 3.26. The molecule has 7 nitrogen and oxygen atoms in total. The Morgan fingerprint density at radius 2 is 2.21 bits per heavy atom. The van der Waals surface area contributed by atoms with E-state index < -0.39 is 0 Å². The van der Waals surface area contributed by atoms with Gasteiger partial charge in [0, 0.05) is 13.0 Å². The molecule has 0 unspecified atom stereocenters. The predicted octanol–water partition coefficient (Wildman–Crippen LogP) is -1.34. The number of nitrogens with one attached hydrogen (secondary N) is 2. The van der Waals surface area contributed by atoms with Gasteiger partial charge < -0.3 is 14.5 Å². The van der Waals surface area contributed by atoms with Gasteiger partial charge in [0.05, 0.1) is 19.2 Å². The molecule has 2 aliphatic heterocycles. The summed E-state index contributed by atoms with van der Waals surface area (Å²) in [5.74, 6) is 1.05. The molecule has 0 bridgehead atoms. The van der Waals surface area contributed by atoms with Gasteiger partial charge in [-0.25, -0.2) is 4.68 Å². The maximum absolute atomic E-state index is 5.77. The number of aromatic nitrogens is 4. The summed E-state index contributed by atoms with van der Waals surface area (Å²) in [6.07, 6.45) is 6.88. The summed E-state index contributed by atoms with van der Waals surface area (Å²) in [6, 6.07) is 0.400. The van der Waals surface area contributed by atoms with Crippen LogP contribution in [-0.2, 0) is 11.3 Å². The van der Waals surface area contributed by atoms with Crippen molar-refractivity contribution in [2.45, 2.75) is 51.3 Å². The minimum absolute atomic E-state index is 0.276. The highest BCUT2D eigenvalue weighted by Crippen LogP contribution is 2.17. The Bertz CT molecular complexity index is 505. The third-order valence-corrected chi connectivity index (χ3v) is 5.37. The molecule has 24 heavy (non-hydrogen) atoms. The first-order valence-electron chi connectivity index (χ1n) is 9.48. The number of ether oxygens (including phenoxy) is 1. The first-order chi connectivity index (χ1) is 11.8. The van der Waals surface area contributed by atoms with Gasteiger partial charge in [-0.3, -0.25) is 0 Å². The molecule has 2 N–H and O–H groups in total. The number of nitrogens with zero attached hydrogens (tertiary/aromatic N) is 4. The van der Waals surface area contributed by atoms with E-state index in [1.165, 1.54) is 26.2 Å². The minimum Gasteiger partial charge on any atom is -0.376 e. The second-order valence-corrected chi connectivity index (χ2v) is 7.10. The Balaban J connectivity index is 1.67. The number of hydrogen-bond donors (Lipinski definition) is 2. The van der Waals surface area contributed by atoms with Crippen LogP contribution in [0.2, 0.25) is 0 Å². The Morgan fingerprint density at radius 3 is 2.88 bits per heavy atom. The van der Waals surface area contributed by atoms with Gasteiger partial charge in [-0.15, -0.1) is 5.10 Å². The van der Waals surface area contributed by atoms with Crippen LogP contribution in [0.1, 0.15) is 44.5 Å². The molecule has 2 fully saturated rings. The van der Waals surface area contributed by atoms with Crippen LogP contribution in [0.25, 0.3) is 0 Å². The predicted molar refractivity (Wildman–Crippen MR) is 90.9 cm³/mol. The Kier molecular flexibility index (Phi) is 6.34. The van der Waals surface area contributed by atoms with Gasteiger partial charge in [0.15, 0.2) is 0 Å². The van der Waals surface area contributed by atoms with E-state index in [4.69, 9.17) is 4.74 Å². The van der Waals surface area contributed by atoms with E-state index in [0.29, 0.717) is 6.04 Å². The summed E-state index contributed by atoms with van der Waals surface area (Å²) in [5.41, 5.74) is 0. The fourth-order valence-electron chi connectivity index (χ4n) is 4.06. The van der Waals surface area contributed by atoms with Gasteiger partial charge in [-0.1, -0.05) is 19.9 Å². The van der Waals surface area contributed by atoms with E-state index in [-0.39, 0.29) is 6.10 Å². The van der Waals surface area contributed by atoms with Crippen LogP contribution in [0.3, 0.4) is 0 Å². The molecule has 0 saturated carbocycles. The van der Waals surface area contributed by atoms with Gasteiger partial charge in [0.25, 0.3) is 0 Å². The molecule has 134 valence electrons. The number of quaternary nitrogens is 2. The fourth-order valence-corrected chi connectivity index (χ4v) is 4.06. The lowest BCUT2D eigenvalue weighted by Crippen LogP contribution is -3.28. The first kappa shape index (κ1) is 17.5. The zero-order valence-corrected chi connectivity index (χ0v) is 14.9. The van der Waals surface area contributed by atoms with Gasteiger partial charge in [0.1, 0.15) is 32.2 Å². The maximum atomic E-state index is 5.77. The molecule has 2 aliphatic rings. The van der Waals surface area contributed by atoms with E-state index in [2.05, 4.69) is 29.0 Å². The molecule has 3 heterocycles. The molecule has 2 atom stereocenters. The molecular formula is C17H32N6O+2. The summed E-state index contributed by atoms with van der Waals surface area (Å²) in [6.45, 7) is 13.6. The molecule has 0 radical (unpaired) electrons. The highest BCUT2D eigenvalue weighted by atomic mass is 16.5. The topological polar surface area (TPSA) is 61.7 Å². The largest absolute Gasteiger partial charge is 0.376 e. The van der Waals surface area contributed by atoms with Crippen molar-refractivity contribution in [2.75, 3.05) is 39.3 Å². The molecule has 7 heteroatoms. The van der Waals surface area contributed by atoms with Crippen molar-refractivity contribution in [3.63, 3.8) is 0 Å². The highest BCUT2D eigenvalue weighted by molar-refractivity contribution is 4.88. The number of rotatable bonds is 8. The molecule has 0 aliphatic carbocycles. The maximum Gasteiger partial charge on any atom is 0.209 e. The number of hydrogen-bond acceptors (Lipinski definition) is 4. The summed E-state index contributed by atoms with van der Waals surface area (Å²) in [5, 5.41) is 12.7. The van der Waals surface area contributed by atoms with Crippen molar-refractivity contribution in [3.8, 4) is 0 Å². The van der Waals surface area contributed by atoms with Gasteiger partial charge in [-0.2, -0.15) is 0 Å². The lowest BCUT2D eigenvalue weighted by molar-refractivity contribution is -1.03. The number of tetrazole rings is 1. The summed E-state index contributed by atoms with van der Waals surface area (Å²) >= 11 is 0. The third-order valence-electron chi connectivity index (χ3n) is 5.37. The number of piperazine rings is 1. The molecule has 1 aromatic heterocycles. The highest BCUT2D eigenvalue weighted by Gasteiger charge is 2.33. The van der Waals surface area contributed by atoms with Crippen molar-refractivity contribution in [1.82, 2.24) is 20.2 Å². The van der Waals surface area contributed by atoms with E-state index in [1.54, 1.807) is 9.80 Å². The molecule has 0 spiro atoms. The van der Waals surface area contributed by atoms with E-state index in [9.17, 15) is 0 Å². The quantitative estimate of drug-likeness (QED) is 0.577. The summed E-state index contributed by atoms with van der Waals surface area (Å²) < 4.78 is 7.78. The van der Waals surface area contributed by atoms with Crippen LogP contribution in [-0.4, -0.2) is 65.6 Å². The SMILES string of the molecule is C=CC[NH+]1CC[NH+]([C@@H](CCC)c2nnnn2C[C@@H]2CCCO2)CC1. The second kappa shape index (κ2) is 8.69. The summed E-state index contributed by atoms with van der Waals surface area (Å²) in [4.78, 5) is 3.27. The molecule has 0 amide bonds. The average molecular weight is 336 g/mol. The smallest absolute Gasteiger partial charge is 0.209 e. The molecule has 3 rings (SSSR count). The lowest BCUT2D eigenvalue weighted by Gasteiger charge is -2.33. The van der Waals surface area contributed by atoms with Crippen molar-refractivity contribution >= 4 is 0 Å². The summed E-state index contributed by atoms with van der Waals surface area (Å²) in [7, 11) is 0. The van der Waals surface area contributed by atoms with Crippen LogP contribution >= 0.6 is 0 Å². The van der Waals surface area contributed by atoms with Gasteiger partial charge in [-0.05, 0) is 29.3 Å². The minimum atomic E-state index is 0.276. The van der Waals surface area contributed by atoms with Crippen LogP contribution < -0.4 is 9.80 Å². The molecule has 1 aromatic rings. The normalized spacial score (nSPS) is 28.8. The van der Waals surface area contributed by atoms with Crippen LogP contribution in [0.5, 0.6) is 0 Å². The fraction of sp³-hybridized carbons (Fsp3) is 0.824. The van der Waals surface area contributed by atoms with Crippen LogP contribution in [0.4, 0.5) is 0 Å². The Morgan fingerprint density at radius 1 is 1.38 bits per heavy atom. The van der Waals surface area contributed by atoms with Crippen LogP contribution in [0.15, 0.2) is 12.7 Å². The van der Waals surface area contributed by atoms with Gasteiger partial charge in [0.2, 0.25) is 5.82 Å². The van der Waals surface area contributed by atoms with Crippen LogP contribution in [0, 0.1) is 0 Å². The second-order valence-electron chi connectivity index (χ2n) is 7.10. The monoisotopic (exact) mass is 336 g/mol. The van der Waals surface area contributed by atoms with E-state index >= 15 is 0 Å². The zero-order valence-electron chi connectivity index (χ0n) is 14.9. The standard InChI is InChI=1S/C17H30N6O/c1-3-6-16(22-11-9-21(8-4-2)10-12-22)17-18-19-20-23(17)14-15-7-5-13-24-15/h4,15-16H,2-3,5-14H2,1H3/p+2/t15-,16-/m0/s1. The Hall–Kier alpha value is -1.31. The molecule has 2 saturated heterocycles. The van der Waals surface area contributed by atoms with Crippen molar-refractivity contribution in [1.29, 1.82) is 0 Å². The Labute approximate surface area is 144 Å². The zero-order chi connectivity index (χ0) is 16.8. The molecule has 0 aromatic carbocycles. The van der Waals surface area contributed by atoms with E-state index in [0.717, 1.165) is 51.2 Å². The third kappa shape index (κ3) is 4.20. The lowest BCUT2D eigenvalue weighted by atomic mass is 10.1. The van der Waals surface area contributed by atoms with Crippen molar-refractivity contribution in [2.24, 2.45) is 0 Å². The first-order valence-corrected chi connectivity index (χ1v) is 9.48. The molecular weight excluding hydrogens is 304 g/mol. The van der Waals surface area contributed by atoms with Crippen molar-refractivity contribution in [3.05, 3.63) is 18.5 Å². The van der Waals surface area contributed by atoms with Gasteiger partial charge >= 0.3 is 0 Å². The van der Waals surface area contributed by atoms with Crippen molar-refractivity contribution < 1.29 is 14.5 Å². The van der Waals surface area contributed by atoms with E-state index in [1.807, 2.05) is 10.8 Å².